The van der Waals surface area contributed by atoms with Crippen LogP contribution in [0.25, 0.3) is 0 Å². The van der Waals surface area contributed by atoms with E-state index < -0.39 is 17.7 Å². The van der Waals surface area contributed by atoms with Gasteiger partial charge in [-0.3, -0.25) is 4.79 Å². The third kappa shape index (κ3) is 6.60. The summed E-state index contributed by atoms with van der Waals surface area (Å²) in [4.78, 5) is 21.8. The lowest BCUT2D eigenvalue weighted by Gasteiger charge is -2.23. The Hall–Kier alpha value is -0.900. The molecule has 0 amide bonds. The van der Waals surface area contributed by atoms with Gasteiger partial charge >= 0.3 is 5.97 Å². The van der Waals surface area contributed by atoms with Gasteiger partial charge in [-0.15, -0.1) is 0 Å². The van der Waals surface area contributed by atoms with E-state index in [4.69, 9.17) is 9.47 Å². The monoisotopic (exact) mass is 202 g/mol. The highest BCUT2D eigenvalue weighted by molar-refractivity contribution is 5.81. The Morgan fingerprint density at radius 2 is 1.79 bits per heavy atom. The van der Waals surface area contributed by atoms with E-state index in [0.717, 1.165) is 0 Å². The lowest BCUT2D eigenvalue weighted by molar-refractivity contribution is -0.165. The van der Waals surface area contributed by atoms with E-state index in [1.807, 2.05) is 20.8 Å². The van der Waals surface area contributed by atoms with Gasteiger partial charge in [0.15, 0.2) is 11.9 Å². The minimum absolute atomic E-state index is 0.179. The van der Waals surface area contributed by atoms with E-state index >= 15 is 0 Å². The van der Waals surface area contributed by atoms with Gasteiger partial charge in [0.1, 0.15) is 6.61 Å². The summed E-state index contributed by atoms with van der Waals surface area (Å²) in [6, 6.07) is 0. The predicted octanol–water partition coefficient (Wildman–Crippen LogP) is 1.32. The molecule has 0 aliphatic rings. The largest absolute Gasteiger partial charge is 0.456 e. The molecule has 0 rings (SSSR count). The third-order valence-electron chi connectivity index (χ3n) is 1.28. The van der Waals surface area contributed by atoms with Gasteiger partial charge in [0.05, 0.1) is 5.60 Å². The molecule has 0 fully saturated rings. The molecule has 0 radical (unpaired) electrons. The van der Waals surface area contributed by atoms with E-state index in [1.165, 1.54) is 6.92 Å². The van der Waals surface area contributed by atoms with Crippen LogP contribution in [-0.2, 0) is 19.1 Å². The van der Waals surface area contributed by atoms with Crippen molar-refractivity contribution < 1.29 is 19.1 Å². The molecule has 0 bridgehead atoms. The molecule has 14 heavy (non-hydrogen) atoms. The molecule has 0 aromatic carbocycles. The van der Waals surface area contributed by atoms with E-state index in [0.29, 0.717) is 0 Å². The third-order valence-corrected chi connectivity index (χ3v) is 1.28. The van der Waals surface area contributed by atoms with Gasteiger partial charge in [-0.1, -0.05) is 0 Å². The fraction of sp³-hybridized carbons (Fsp3) is 0.800. The van der Waals surface area contributed by atoms with E-state index in [1.54, 1.807) is 6.92 Å². The molecule has 0 aliphatic heterocycles. The van der Waals surface area contributed by atoms with Gasteiger partial charge < -0.3 is 9.47 Å². The van der Waals surface area contributed by atoms with Crippen molar-refractivity contribution in [2.75, 3.05) is 6.61 Å². The van der Waals surface area contributed by atoms with Gasteiger partial charge in [0.25, 0.3) is 0 Å². The molecule has 0 saturated heterocycles. The highest BCUT2D eigenvalue weighted by atomic mass is 16.6. The Kier molecular flexibility index (Phi) is 4.77. The zero-order valence-corrected chi connectivity index (χ0v) is 9.42. The number of hydrogen-bond acceptors (Lipinski definition) is 4. The maximum absolute atomic E-state index is 11.2. The zero-order chi connectivity index (χ0) is 11.4. The lowest BCUT2D eigenvalue weighted by Crippen LogP contribution is -2.33. The highest BCUT2D eigenvalue weighted by Crippen LogP contribution is 2.11. The number of hydrogen-bond donors (Lipinski definition) is 0. The molecule has 1 atom stereocenters. The van der Waals surface area contributed by atoms with Crippen molar-refractivity contribution in [1.29, 1.82) is 0 Å². The highest BCUT2D eigenvalue weighted by Gasteiger charge is 2.22. The van der Waals surface area contributed by atoms with Crippen LogP contribution in [0.1, 0.15) is 34.6 Å². The summed E-state index contributed by atoms with van der Waals surface area (Å²) in [5, 5.41) is 0. The van der Waals surface area contributed by atoms with Gasteiger partial charge in [-0.2, -0.15) is 0 Å². The fourth-order valence-electron chi connectivity index (χ4n) is 0.869. The number of carbonyl (C=O) groups is 2. The minimum atomic E-state index is -0.644. The smallest absolute Gasteiger partial charge is 0.335 e. The Balaban J connectivity index is 3.94. The van der Waals surface area contributed by atoms with Crippen LogP contribution in [0.15, 0.2) is 0 Å². The van der Waals surface area contributed by atoms with Crippen LogP contribution in [0.4, 0.5) is 0 Å². The second-order valence-electron chi connectivity index (χ2n) is 4.18. The summed E-state index contributed by atoms with van der Waals surface area (Å²) in [5.41, 5.74) is -0.394. The van der Waals surface area contributed by atoms with E-state index in [-0.39, 0.29) is 12.4 Å². The van der Waals surface area contributed by atoms with Crippen LogP contribution in [0.3, 0.4) is 0 Å². The van der Waals surface area contributed by atoms with Crippen molar-refractivity contribution in [3.63, 3.8) is 0 Å². The Morgan fingerprint density at radius 3 is 2.14 bits per heavy atom. The van der Waals surface area contributed by atoms with Crippen LogP contribution in [0.5, 0.6) is 0 Å². The average Bonchev–Trinajstić information content (AvgIpc) is 1.96. The van der Waals surface area contributed by atoms with Gasteiger partial charge in [-0.25, -0.2) is 4.79 Å². The average molecular weight is 202 g/mol. The van der Waals surface area contributed by atoms with E-state index in [2.05, 4.69) is 0 Å². The molecule has 0 N–H and O–H groups in total. The normalized spacial score (nSPS) is 13.5. The molecule has 82 valence electrons. The van der Waals surface area contributed by atoms with Gasteiger partial charge in [-0.05, 0) is 34.6 Å². The van der Waals surface area contributed by atoms with Crippen molar-refractivity contribution in [2.45, 2.75) is 46.3 Å². The van der Waals surface area contributed by atoms with Crippen molar-refractivity contribution in [1.82, 2.24) is 0 Å². The topological polar surface area (TPSA) is 52.6 Å². The number of rotatable bonds is 4. The first kappa shape index (κ1) is 13.1. The molecular formula is C10H18O4. The number of Topliss-reactive ketones (excluding diaryl/α,β-unsaturated/α-hetero) is 1. The number of ether oxygens (including phenoxy) is 2. The molecule has 0 heterocycles. The van der Waals surface area contributed by atoms with Crippen molar-refractivity contribution in [2.24, 2.45) is 0 Å². The summed E-state index contributed by atoms with van der Waals surface area (Å²) >= 11 is 0. The molecule has 4 heteroatoms. The molecule has 0 aromatic rings. The first-order valence-electron chi connectivity index (χ1n) is 4.56. The zero-order valence-electron chi connectivity index (χ0n) is 9.42. The van der Waals surface area contributed by atoms with Crippen LogP contribution in [0, 0.1) is 0 Å². The molecule has 4 nitrogen and oxygen atoms in total. The molecule has 1 unspecified atom stereocenters. The predicted molar refractivity (Wildman–Crippen MR) is 51.9 cm³/mol. The second-order valence-corrected chi connectivity index (χ2v) is 4.18. The van der Waals surface area contributed by atoms with Crippen LogP contribution in [-0.4, -0.2) is 30.1 Å². The Morgan fingerprint density at radius 1 is 1.29 bits per heavy atom. The number of ketones is 1. The van der Waals surface area contributed by atoms with Crippen molar-refractivity contribution in [3.8, 4) is 0 Å². The SMILES string of the molecule is CC(=O)COC(=O)C(C)OC(C)(C)C. The summed E-state index contributed by atoms with van der Waals surface area (Å²) in [6.07, 6.45) is -0.644. The van der Waals surface area contributed by atoms with Crippen molar-refractivity contribution in [3.05, 3.63) is 0 Å². The van der Waals surface area contributed by atoms with Gasteiger partial charge in [0.2, 0.25) is 0 Å². The molecule has 0 aliphatic carbocycles. The quantitative estimate of drug-likeness (QED) is 0.645. The first-order chi connectivity index (χ1) is 6.22. The summed E-state index contributed by atoms with van der Waals surface area (Å²) < 4.78 is 10.0. The second kappa shape index (κ2) is 5.10. The standard InChI is InChI=1S/C10H18O4/c1-7(11)6-13-9(12)8(2)14-10(3,4)5/h8H,6H2,1-5H3. The fourth-order valence-corrected chi connectivity index (χ4v) is 0.869. The van der Waals surface area contributed by atoms with Crippen LogP contribution < -0.4 is 0 Å². The summed E-state index contributed by atoms with van der Waals surface area (Å²) in [6.45, 7) is 8.33. The summed E-state index contributed by atoms with van der Waals surface area (Å²) in [5.74, 6) is -0.684. The van der Waals surface area contributed by atoms with Crippen LogP contribution >= 0.6 is 0 Å². The molecule has 0 saturated carbocycles. The maximum atomic E-state index is 11.2. The number of esters is 1. The minimum Gasteiger partial charge on any atom is -0.456 e. The maximum Gasteiger partial charge on any atom is 0.335 e. The van der Waals surface area contributed by atoms with E-state index in [9.17, 15) is 9.59 Å². The first-order valence-corrected chi connectivity index (χ1v) is 4.56. The Labute approximate surface area is 84.6 Å². The Bertz CT molecular complexity index is 215. The number of carbonyl (C=O) groups excluding carboxylic acids is 2. The van der Waals surface area contributed by atoms with Crippen molar-refractivity contribution >= 4 is 11.8 Å². The molecule has 0 spiro atoms. The summed E-state index contributed by atoms with van der Waals surface area (Å²) in [7, 11) is 0. The molecular weight excluding hydrogens is 184 g/mol. The van der Waals surface area contributed by atoms with Gasteiger partial charge in [0, 0.05) is 0 Å². The molecule has 0 aromatic heterocycles. The van der Waals surface area contributed by atoms with Crippen LogP contribution in [0.2, 0.25) is 0 Å². The lowest BCUT2D eigenvalue weighted by atomic mass is 10.2.